The first-order valence-electron chi connectivity index (χ1n) is 5.98. The number of imidazole rings is 1. The summed E-state index contributed by atoms with van der Waals surface area (Å²) in [4.78, 5) is 4.13. The number of rotatable bonds is 4. The zero-order chi connectivity index (χ0) is 12.7. The van der Waals surface area contributed by atoms with Crippen LogP contribution < -0.4 is 4.74 Å². The third-order valence-corrected chi connectivity index (χ3v) is 3.34. The van der Waals surface area contributed by atoms with Crippen LogP contribution in [0.5, 0.6) is 5.75 Å². The number of hydrogen-bond acceptors (Lipinski definition) is 4. The maximum absolute atomic E-state index is 10.5. The van der Waals surface area contributed by atoms with Gasteiger partial charge in [-0.15, -0.1) is 0 Å². The highest BCUT2D eigenvalue weighted by molar-refractivity contribution is 5.32. The number of aryl methyl sites for hydroxylation is 1. The number of methoxy groups -OCH3 is 1. The lowest BCUT2D eigenvalue weighted by molar-refractivity contribution is 0.194. The van der Waals surface area contributed by atoms with Crippen LogP contribution in [-0.2, 0) is 7.05 Å². The Morgan fingerprint density at radius 1 is 1.44 bits per heavy atom. The van der Waals surface area contributed by atoms with Crippen LogP contribution in [-0.4, -0.2) is 31.5 Å². The quantitative estimate of drug-likeness (QED) is 0.878. The van der Waals surface area contributed by atoms with Crippen LogP contribution in [0, 0.1) is 0 Å². The van der Waals surface area contributed by atoms with Crippen LogP contribution in [0.25, 0.3) is 0 Å². The van der Waals surface area contributed by atoms with Gasteiger partial charge in [-0.2, -0.15) is 5.10 Å². The molecular formula is C12H16N4O2. The van der Waals surface area contributed by atoms with E-state index in [-0.39, 0.29) is 0 Å². The first kappa shape index (κ1) is 11.3. The molecule has 96 valence electrons. The van der Waals surface area contributed by atoms with Crippen LogP contribution in [0.15, 0.2) is 18.7 Å². The molecule has 1 N–H and O–H groups in total. The molecule has 0 amide bonds. The van der Waals surface area contributed by atoms with E-state index in [1.807, 2.05) is 4.57 Å². The third-order valence-electron chi connectivity index (χ3n) is 3.34. The van der Waals surface area contributed by atoms with Crippen molar-refractivity contribution in [1.29, 1.82) is 0 Å². The fraction of sp³-hybridized carbons (Fsp3) is 0.500. The molecule has 18 heavy (non-hydrogen) atoms. The summed E-state index contributed by atoms with van der Waals surface area (Å²) < 4.78 is 8.90. The molecule has 1 atom stereocenters. The number of aliphatic hydroxyl groups is 1. The Morgan fingerprint density at radius 3 is 2.89 bits per heavy atom. The van der Waals surface area contributed by atoms with E-state index in [2.05, 4.69) is 10.1 Å². The highest BCUT2D eigenvalue weighted by atomic mass is 16.5. The van der Waals surface area contributed by atoms with Gasteiger partial charge in [-0.25, -0.2) is 4.98 Å². The van der Waals surface area contributed by atoms with Gasteiger partial charge in [0.25, 0.3) is 0 Å². The van der Waals surface area contributed by atoms with Gasteiger partial charge in [0.2, 0.25) is 0 Å². The molecule has 0 aliphatic heterocycles. The van der Waals surface area contributed by atoms with Gasteiger partial charge in [0.15, 0.2) is 5.75 Å². The van der Waals surface area contributed by atoms with Crippen LogP contribution in [0.2, 0.25) is 0 Å². The molecule has 0 radical (unpaired) electrons. The second-order valence-corrected chi connectivity index (χ2v) is 4.58. The van der Waals surface area contributed by atoms with Crippen molar-refractivity contribution in [1.82, 2.24) is 19.3 Å². The number of hydrogen-bond donors (Lipinski definition) is 1. The predicted octanol–water partition coefficient (Wildman–Crippen LogP) is 1.04. The highest BCUT2D eigenvalue weighted by Crippen LogP contribution is 2.38. The van der Waals surface area contributed by atoms with Crippen molar-refractivity contribution in [3.8, 4) is 5.75 Å². The van der Waals surface area contributed by atoms with Crippen molar-refractivity contribution >= 4 is 0 Å². The minimum absolute atomic E-state index is 0.483. The van der Waals surface area contributed by atoms with Gasteiger partial charge < -0.3 is 14.4 Å². The molecule has 1 aliphatic carbocycles. The van der Waals surface area contributed by atoms with Gasteiger partial charge in [0.1, 0.15) is 11.8 Å². The molecule has 0 aromatic carbocycles. The maximum atomic E-state index is 10.5. The number of nitrogens with zero attached hydrogens (tertiary/aromatic N) is 4. The van der Waals surface area contributed by atoms with Crippen LogP contribution >= 0.6 is 0 Å². The Balaban J connectivity index is 2.00. The predicted molar refractivity (Wildman–Crippen MR) is 64.3 cm³/mol. The van der Waals surface area contributed by atoms with Crippen molar-refractivity contribution in [2.75, 3.05) is 7.11 Å². The van der Waals surface area contributed by atoms with Gasteiger partial charge in [-0.1, -0.05) is 0 Å². The van der Waals surface area contributed by atoms with E-state index < -0.39 is 6.10 Å². The summed E-state index contributed by atoms with van der Waals surface area (Å²) in [6.45, 7) is 0. The Bertz CT molecular complexity index is 556. The lowest BCUT2D eigenvalue weighted by Crippen LogP contribution is -2.12. The van der Waals surface area contributed by atoms with E-state index in [1.54, 1.807) is 37.6 Å². The lowest BCUT2D eigenvalue weighted by atomic mass is 10.2. The Kier molecular flexibility index (Phi) is 2.59. The molecule has 6 nitrogen and oxygen atoms in total. The van der Waals surface area contributed by atoms with Gasteiger partial charge >= 0.3 is 0 Å². The summed E-state index contributed by atoms with van der Waals surface area (Å²) >= 11 is 0. The number of aromatic nitrogens is 4. The molecule has 2 heterocycles. The van der Waals surface area contributed by atoms with Crippen molar-refractivity contribution in [3.05, 3.63) is 30.1 Å². The molecule has 1 fully saturated rings. The van der Waals surface area contributed by atoms with Crippen molar-refractivity contribution in [3.63, 3.8) is 0 Å². The zero-order valence-corrected chi connectivity index (χ0v) is 10.4. The molecule has 1 saturated carbocycles. The molecule has 1 aliphatic rings. The maximum Gasteiger partial charge on any atom is 0.163 e. The summed E-state index contributed by atoms with van der Waals surface area (Å²) in [5.74, 6) is 0.591. The molecular weight excluding hydrogens is 232 g/mol. The Hall–Kier alpha value is -1.82. The second kappa shape index (κ2) is 4.13. The van der Waals surface area contributed by atoms with E-state index in [0.29, 0.717) is 17.5 Å². The largest absolute Gasteiger partial charge is 0.493 e. The van der Waals surface area contributed by atoms with Crippen LogP contribution in [0.3, 0.4) is 0 Å². The van der Waals surface area contributed by atoms with Crippen molar-refractivity contribution in [2.24, 2.45) is 7.05 Å². The molecule has 2 aromatic rings. The summed E-state index contributed by atoms with van der Waals surface area (Å²) in [5.41, 5.74) is 1.44. The summed E-state index contributed by atoms with van der Waals surface area (Å²) in [7, 11) is 3.37. The fourth-order valence-electron chi connectivity index (χ4n) is 2.22. The van der Waals surface area contributed by atoms with Gasteiger partial charge in [0.05, 0.1) is 31.5 Å². The standard InChI is InChI=1S/C12H16N4O2/c1-15-11(10(18-2)6-14-15)12(17)9-5-13-7-16(9)8-3-4-8/h5-8,12,17H,3-4H2,1-2H3. The molecule has 0 saturated heterocycles. The molecule has 2 aromatic heterocycles. The molecule has 3 rings (SSSR count). The summed E-state index contributed by atoms with van der Waals surface area (Å²) in [6.07, 6.45) is 6.62. The Morgan fingerprint density at radius 2 is 2.22 bits per heavy atom. The van der Waals surface area contributed by atoms with E-state index in [1.165, 1.54) is 0 Å². The highest BCUT2D eigenvalue weighted by Gasteiger charge is 2.30. The second-order valence-electron chi connectivity index (χ2n) is 4.58. The minimum Gasteiger partial charge on any atom is -0.493 e. The smallest absolute Gasteiger partial charge is 0.163 e. The summed E-state index contributed by atoms with van der Waals surface area (Å²) in [5, 5.41) is 14.6. The lowest BCUT2D eigenvalue weighted by Gasteiger charge is -2.15. The monoisotopic (exact) mass is 248 g/mol. The molecule has 0 bridgehead atoms. The van der Waals surface area contributed by atoms with Gasteiger partial charge in [0, 0.05) is 13.1 Å². The van der Waals surface area contributed by atoms with Crippen molar-refractivity contribution < 1.29 is 9.84 Å². The molecule has 1 unspecified atom stereocenters. The first-order valence-corrected chi connectivity index (χ1v) is 5.98. The van der Waals surface area contributed by atoms with Gasteiger partial charge in [-0.05, 0) is 12.8 Å². The van der Waals surface area contributed by atoms with E-state index in [4.69, 9.17) is 4.74 Å². The van der Waals surface area contributed by atoms with Crippen LogP contribution in [0.4, 0.5) is 0 Å². The first-order chi connectivity index (χ1) is 8.72. The average molecular weight is 248 g/mol. The molecule has 0 spiro atoms. The summed E-state index contributed by atoms with van der Waals surface area (Å²) in [6, 6.07) is 0.483. The normalized spacial score (nSPS) is 16.8. The topological polar surface area (TPSA) is 65.1 Å². The minimum atomic E-state index is -0.768. The fourth-order valence-corrected chi connectivity index (χ4v) is 2.22. The van der Waals surface area contributed by atoms with E-state index >= 15 is 0 Å². The van der Waals surface area contributed by atoms with Crippen LogP contribution in [0.1, 0.15) is 36.4 Å². The third kappa shape index (κ3) is 1.69. The molecule has 6 heteroatoms. The van der Waals surface area contributed by atoms with Gasteiger partial charge in [-0.3, -0.25) is 4.68 Å². The van der Waals surface area contributed by atoms with E-state index in [9.17, 15) is 5.11 Å². The number of ether oxygens (including phenoxy) is 1. The number of aliphatic hydroxyl groups excluding tert-OH is 1. The van der Waals surface area contributed by atoms with Crippen molar-refractivity contribution in [2.45, 2.75) is 25.0 Å². The SMILES string of the molecule is COc1cnn(C)c1C(O)c1cncn1C1CC1. The zero-order valence-electron chi connectivity index (χ0n) is 10.4. The Labute approximate surface area is 105 Å². The average Bonchev–Trinajstić information content (AvgIpc) is 2.98. The van der Waals surface area contributed by atoms with E-state index in [0.717, 1.165) is 18.5 Å².